The van der Waals surface area contributed by atoms with Crippen LogP contribution in [0.5, 0.6) is 0 Å². The third-order valence-electron chi connectivity index (χ3n) is 3.06. The van der Waals surface area contributed by atoms with Crippen LogP contribution in [0.3, 0.4) is 0 Å². The molecule has 1 saturated heterocycles. The molecule has 1 N–H and O–H groups in total. The molecule has 1 aromatic carbocycles. The molecule has 0 aliphatic carbocycles. The van der Waals surface area contributed by atoms with Gasteiger partial charge in [0, 0.05) is 18.2 Å². The predicted molar refractivity (Wildman–Crippen MR) is 66.3 cm³/mol. The van der Waals surface area contributed by atoms with Crippen molar-refractivity contribution in [1.29, 1.82) is 0 Å². The van der Waals surface area contributed by atoms with Gasteiger partial charge in [-0.25, -0.2) is 4.79 Å². The van der Waals surface area contributed by atoms with Gasteiger partial charge in [0.05, 0.1) is 18.1 Å². The zero-order chi connectivity index (χ0) is 15.6. The quantitative estimate of drug-likeness (QED) is 0.648. The second kappa shape index (κ2) is 5.83. The highest BCUT2D eigenvalue weighted by Gasteiger charge is 2.34. The van der Waals surface area contributed by atoms with Crippen molar-refractivity contribution in [2.75, 3.05) is 19.8 Å². The highest BCUT2D eigenvalue weighted by molar-refractivity contribution is 5.97. The van der Waals surface area contributed by atoms with Gasteiger partial charge in [-0.2, -0.15) is 4.39 Å². The van der Waals surface area contributed by atoms with Crippen LogP contribution in [0.2, 0.25) is 0 Å². The van der Waals surface area contributed by atoms with Crippen molar-refractivity contribution < 1.29 is 28.7 Å². The van der Waals surface area contributed by atoms with Gasteiger partial charge in [-0.3, -0.25) is 14.9 Å². The molecule has 1 aliphatic rings. The van der Waals surface area contributed by atoms with Crippen LogP contribution in [0.4, 0.5) is 10.1 Å². The van der Waals surface area contributed by atoms with Gasteiger partial charge >= 0.3 is 11.7 Å². The van der Waals surface area contributed by atoms with Gasteiger partial charge in [0.25, 0.3) is 5.91 Å². The summed E-state index contributed by atoms with van der Waals surface area (Å²) in [4.78, 5) is 34.1. The van der Waals surface area contributed by atoms with E-state index in [2.05, 4.69) is 0 Å². The Morgan fingerprint density at radius 3 is 2.81 bits per heavy atom. The number of carboxylic acid groups (broad SMARTS) is 1. The van der Waals surface area contributed by atoms with Crippen LogP contribution in [-0.2, 0) is 9.53 Å². The molecule has 8 nitrogen and oxygen atoms in total. The summed E-state index contributed by atoms with van der Waals surface area (Å²) in [5, 5.41) is 19.7. The maximum Gasteiger partial charge on any atom is 0.328 e. The topological polar surface area (TPSA) is 110 Å². The minimum absolute atomic E-state index is 0.0426. The van der Waals surface area contributed by atoms with Crippen LogP contribution >= 0.6 is 0 Å². The lowest BCUT2D eigenvalue weighted by atomic mass is 10.1. The van der Waals surface area contributed by atoms with E-state index >= 15 is 0 Å². The third kappa shape index (κ3) is 2.97. The number of carbonyl (C=O) groups is 2. The molecule has 1 heterocycles. The first-order valence-electron chi connectivity index (χ1n) is 5.97. The van der Waals surface area contributed by atoms with Crippen LogP contribution in [-0.4, -0.2) is 52.6 Å². The lowest BCUT2D eigenvalue weighted by Crippen LogP contribution is -2.52. The van der Waals surface area contributed by atoms with E-state index in [0.717, 1.165) is 23.1 Å². The van der Waals surface area contributed by atoms with E-state index in [0.29, 0.717) is 0 Å². The minimum Gasteiger partial charge on any atom is -0.480 e. The van der Waals surface area contributed by atoms with Crippen molar-refractivity contribution >= 4 is 17.6 Å². The summed E-state index contributed by atoms with van der Waals surface area (Å²) in [7, 11) is 0. The van der Waals surface area contributed by atoms with Gasteiger partial charge in [-0.15, -0.1) is 0 Å². The fourth-order valence-electron chi connectivity index (χ4n) is 2.00. The second-order valence-electron chi connectivity index (χ2n) is 4.35. The number of nitro groups is 1. The number of nitrogens with zero attached hydrogens (tertiary/aromatic N) is 2. The molecule has 1 amide bonds. The SMILES string of the molecule is O=C(O)C1COCCN1C(=O)c1ccc(F)c([N+](=O)[O-])c1. The van der Waals surface area contributed by atoms with E-state index in [-0.39, 0.29) is 25.3 Å². The zero-order valence-electron chi connectivity index (χ0n) is 10.7. The molecule has 1 fully saturated rings. The van der Waals surface area contributed by atoms with Crippen LogP contribution in [0.15, 0.2) is 18.2 Å². The molecule has 0 aromatic heterocycles. The first-order valence-corrected chi connectivity index (χ1v) is 5.97. The van der Waals surface area contributed by atoms with Gasteiger partial charge < -0.3 is 14.7 Å². The molecule has 1 atom stereocenters. The summed E-state index contributed by atoms with van der Waals surface area (Å²) in [6.45, 7) is 0.0458. The largest absolute Gasteiger partial charge is 0.480 e. The number of benzene rings is 1. The maximum atomic E-state index is 13.3. The molecule has 2 rings (SSSR count). The first-order chi connectivity index (χ1) is 9.91. The number of morpholine rings is 1. The van der Waals surface area contributed by atoms with Crippen molar-refractivity contribution in [1.82, 2.24) is 4.90 Å². The Morgan fingerprint density at radius 1 is 1.48 bits per heavy atom. The number of hydrogen-bond donors (Lipinski definition) is 1. The number of aliphatic carboxylic acids is 1. The molecule has 1 aromatic rings. The fraction of sp³-hybridized carbons (Fsp3) is 0.333. The molecule has 21 heavy (non-hydrogen) atoms. The molecule has 0 radical (unpaired) electrons. The van der Waals surface area contributed by atoms with Crippen LogP contribution < -0.4 is 0 Å². The zero-order valence-corrected chi connectivity index (χ0v) is 10.7. The molecule has 1 unspecified atom stereocenters. The molecule has 1 aliphatic heterocycles. The Kier molecular flexibility index (Phi) is 4.13. The van der Waals surface area contributed by atoms with Crippen molar-refractivity contribution in [2.24, 2.45) is 0 Å². The third-order valence-corrected chi connectivity index (χ3v) is 3.06. The summed E-state index contributed by atoms with van der Waals surface area (Å²) >= 11 is 0. The van der Waals surface area contributed by atoms with Crippen molar-refractivity contribution in [3.8, 4) is 0 Å². The van der Waals surface area contributed by atoms with Gasteiger partial charge in [-0.05, 0) is 12.1 Å². The minimum atomic E-state index is -1.24. The van der Waals surface area contributed by atoms with E-state index in [9.17, 15) is 24.1 Å². The van der Waals surface area contributed by atoms with Crippen molar-refractivity contribution in [3.63, 3.8) is 0 Å². The average Bonchev–Trinajstić information content (AvgIpc) is 2.46. The van der Waals surface area contributed by atoms with Crippen LogP contribution in [0.1, 0.15) is 10.4 Å². The Balaban J connectivity index is 2.32. The molecule has 0 saturated carbocycles. The standard InChI is InChI=1S/C12H11FN2O6/c13-8-2-1-7(5-9(8)15(19)20)11(16)14-3-4-21-6-10(14)12(17)18/h1-2,5,10H,3-4,6H2,(H,17,18). The molecular formula is C12H11FN2O6. The number of ether oxygens (including phenoxy) is 1. The average molecular weight is 298 g/mol. The van der Waals surface area contributed by atoms with Crippen molar-refractivity contribution in [2.45, 2.75) is 6.04 Å². The van der Waals surface area contributed by atoms with Gasteiger partial charge in [-0.1, -0.05) is 0 Å². The predicted octanol–water partition coefficient (Wildman–Crippen LogP) is 0.659. The number of rotatable bonds is 3. The molecular weight excluding hydrogens is 287 g/mol. The highest BCUT2D eigenvalue weighted by Crippen LogP contribution is 2.21. The number of halogens is 1. The monoisotopic (exact) mass is 298 g/mol. The summed E-state index contributed by atoms with van der Waals surface area (Å²) in [6.07, 6.45) is 0. The lowest BCUT2D eigenvalue weighted by molar-refractivity contribution is -0.387. The maximum absolute atomic E-state index is 13.3. The lowest BCUT2D eigenvalue weighted by Gasteiger charge is -2.32. The van der Waals surface area contributed by atoms with Crippen LogP contribution in [0.25, 0.3) is 0 Å². The molecule has 0 bridgehead atoms. The number of nitro benzene ring substituents is 1. The van der Waals surface area contributed by atoms with Gasteiger partial charge in [0.1, 0.15) is 0 Å². The molecule has 9 heteroatoms. The number of carboxylic acids is 1. The van der Waals surface area contributed by atoms with E-state index in [1.165, 1.54) is 0 Å². The smallest absolute Gasteiger partial charge is 0.328 e. The van der Waals surface area contributed by atoms with E-state index in [4.69, 9.17) is 9.84 Å². The normalized spacial score (nSPS) is 18.3. The van der Waals surface area contributed by atoms with E-state index in [1.807, 2.05) is 0 Å². The number of hydrogen-bond acceptors (Lipinski definition) is 5. The molecule has 0 spiro atoms. The van der Waals surface area contributed by atoms with Crippen LogP contribution in [0, 0.1) is 15.9 Å². The Bertz CT molecular complexity index is 605. The molecule has 112 valence electrons. The summed E-state index contributed by atoms with van der Waals surface area (Å²) < 4.78 is 18.2. The Hall–Kier alpha value is -2.55. The summed E-state index contributed by atoms with van der Waals surface area (Å²) in [5.41, 5.74) is -0.975. The van der Waals surface area contributed by atoms with E-state index in [1.54, 1.807) is 0 Å². The number of amides is 1. The van der Waals surface area contributed by atoms with Crippen molar-refractivity contribution in [3.05, 3.63) is 39.7 Å². The highest BCUT2D eigenvalue weighted by atomic mass is 19.1. The number of carbonyl (C=O) groups excluding carboxylic acids is 1. The summed E-state index contributed by atoms with van der Waals surface area (Å²) in [6, 6.07) is 1.52. The second-order valence-corrected chi connectivity index (χ2v) is 4.35. The summed E-state index contributed by atoms with van der Waals surface area (Å²) in [5.74, 6) is -3.01. The first kappa shape index (κ1) is 14.9. The Morgan fingerprint density at radius 2 is 2.19 bits per heavy atom. The Labute approximate surface area is 117 Å². The van der Waals surface area contributed by atoms with E-state index < -0.39 is 34.3 Å². The fourth-order valence-corrected chi connectivity index (χ4v) is 2.00. The van der Waals surface area contributed by atoms with Gasteiger partial charge in [0.2, 0.25) is 5.82 Å². The van der Waals surface area contributed by atoms with Gasteiger partial charge in [0.15, 0.2) is 6.04 Å².